The summed E-state index contributed by atoms with van der Waals surface area (Å²) in [5.41, 5.74) is 2.17. The predicted molar refractivity (Wildman–Crippen MR) is 71.3 cm³/mol. The number of hydrogen-bond donors (Lipinski definition) is 0. The van der Waals surface area contributed by atoms with Crippen LogP contribution in [0.1, 0.15) is 21.5 Å². The number of rotatable bonds is 3. The Bertz CT molecular complexity index is 584. The van der Waals surface area contributed by atoms with Crippen LogP contribution >= 0.6 is 11.3 Å². The zero-order valence-electron chi connectivity index (χ0n) is 9.96. The van der Waals surface area contributed by atoms with Gasteiger partial charge in [0.25, 0.3) is 5.91 Å². The highest BCUT2D eigenvalue weighted by Crippen LogP contribution is 2.12. The maximum atomic E-state index is 12.2. The number of carbonyl (C=O) groups excluding carboxylic acids is 1. The minimum Gasteiger partial charge on any atom is -0.337 e. The lowest BCUT2D eigenvalue weighted by atomic mass is 10.1. The van der Waals surface area contributed by atoms with Gasteiger partial charge in [0.2, 0.25) is 0 Å². The lowest BCUT2D eigenvalue weighted by Crippen LogP contribution is -2.25. The van der Waals surface area contributed by atoms with Gasteiger partial charge in [-0.15, -0.1) is 0 Å². The number of hydrogen-bond acceptors (Lipinski definition) is 3. The van der Waals surface area contributed by atoms with E-state index in [-0.39, 0.29) is 5.91 Å². The number of benzene rings is 1. The normalized spacial score (nSPS) is 9.78. The predicted octanol–water partition coefficient (Wildman–Crippen LogP) is 2.89. The molecule has 0 saturated heterocycles. The third kappa shape index (κ3) is 2.76. The number of nitrogens with zero attached hydrogens (tertiary/aromatic N) is 2. The number of nitriles is 1. The van der Waals surface area contributed by atoms with Crippen LogP contribution in [-0.2, 0) is 6.54 Å². The van der Waals surface area contributed by atoms with Crippen LogP contribution < -0.4 is 0 Å². The van der Waals surface area contributed by atoms with Crippen LogP contribution in [0, 0.1) is 11.3 Å². The second-order valence-corrected chi connectivity index (χ2v) is 4.77. The van der Waals surface area contributed by atoms with Crippen molar-refractivity contribution in [2.24, 2.45) is 0 Å². The molecule has 0 aliphatic rings. The van der Waals surface area contributed by atoms with Gasteiger partial charge in [-0.3, -0.25) is 4.79 Å². The van der Waals surface area contributed by atoms with Crippen LogP contribution in [0.5, 0.6) is 0 Å². The monoisotopic (exact) mass is 256 g/mol. The summed E-state index contributed by atoms with van der Waals surface area (Å²) >= 11 is 1.61. The zero-order valence-corrected chi connectivity index (χ0v) is 10.8. The Morgan fingerprint density at radius 1 is 1.44 bits per heavy atom. The standard InChI is InChI=1S/C14H12N2OS/c1-16(9-12-5-6-18-10-12)14(17)13-4-2-3-11(7-13)8-15/h2-7,10H,9H2,1H3. The molecule has 90 valence electrons. The van der Waals surface area contributed by atoms with Crippen molar-refractivity contribution in [2.75, 3.05) is 7.05 Å². The second kappa shape index (κ2) is 5.48. The topological polar surface area (TPSA) is 44.1 Å². The average Bonchev–Trinajstić information content (AvgIpc) is 2.90. The SMILES string of the molecule is CN(Cc1ccsc1)C(=O)c1cccc(C#N)c1. The van der Waals surface area contributed by atoms with Crippen LogP contribution in [-0.4, -0.2) is 17.9 Å². The number of thiophene rings is 1. The van der Waals surface area contributed by atoms with E-state index in [4.69, 9.17) is 5.26 Å². The Morgan fingerprint density at radius 3 is 2.94 bits per heavy atom. The van der Waals surface area contributed by atoms with Gasteiger partial charge in [0.05, 0.1) is 11.6 Å². The summed E-state index contributed by atoms with van der Waals surface area (Å²) < 4.78 is 0. The number of amides is 1. The van der Waals surface area contributed by atoms with E-state index >= 15 is 0 Å². The fraction of sp³-hybridized carbons (Fsp3) is 0.143. The van der Waals surface area contributed by atoms with Crippen molar-refractivity contribution >= 4 is 17.2 Å². The molecule has 0 radical (unpaired) electrons. The van der Waals surface area contributed by atoms with Crippen LogP contribution in [0.3, 0.4) is 0 Å². The van der Waals surface area contributed by atoms with Crippen molar-refractivity contribution < 1.29 is 4.79 Å². The van der Waals surface area contributed by atoms with Gasteiger partial charge in [-0.25, -0.2) is 0 Å². The van der Waals surface area contributed by atoms with Crippen molar-refractivity contribution in [3.63, 3.8) is 0 Å². The van der Waals surface area contributed by atoms with E-state index in [1.165, 1.54) is 0 Å². The van der Waals surface area contributed by atoms with Gasteiger partial charge < -0.3 is 4.90 Å². The van der Waals surface area contributed by atoms with Gasteiger partial charge in [0, 0.05) is 19.2 Å². The Morgan fingerprint density at radius 2 is 2.28 bits per heavy atom. The fourth-order valence-corrected chi connectivity index (χ4v) is 2.33. The van der Waals surface area contributed by atoms with Crippen molar-refractivity contribution in [2.45, 2.75) is 6.54 Å². The molecule has 3 nitrogen and oxygen atoms in total. The van der Waals surface area contributed by atoms with Gasteiger partial charge in [-0.05, 0) is 40.6 Å². The van der Waals surface area contributed by atoms with Crippen LogP contribution in [0.2, 0.25) is 0 Å². The van der Waals surface area contributed by atoms with Crippen molar-refractivity contribution in [3.05, 3.63) is 57.8 Å². The molecule has 18 heavy (non-hydrogen) atoms. The third-order valence-corrected chi connectivity index (χ3v) is 3.32. The quantitative estimate of drug-likeness (QED) is 0.847. The van der Waals surface area contributed by atoms with Gasteiger partial charge in [0.15, 0.2) is 0 Å². The first kappa shape index (κ1) is 12.3. The van der Waals surface area contributed by atoms with Crippen molar-refractivity contribution in [1.82, 2.24) is 4.90 Å². The van der Waals surface area contributed by atoms with E-state index < -0.39 is 0 Å². The third-order valence-electron chi connectivity index (χ3n) is 2.59. The maximum absolute atomic E-state index is 12.2. The summed E-state index contributed by atoms with van der Waals surface area (Å²) in [4.78, 5) is 13.8. The minimum absolute atomic E-state index is 0.0710. The lowest BCUT2D eigenvalue weighted by molar-refractivity contribution is 0.0785. The van der Waals surface area contributed by atoms with Crippen molar-refractivity contribution in [1.29, 1.82) is 5.26 Å². The molecular formula is C14H12N2OS. The molecule has 1 heterocycles. The minimum atomic E-state index is -0.0710. The molecule has 0 aliphatic heterocycles. The molecule has 1 aromatic carbocycles. The molecule has 0 unspecified atom stereocenters. The van der Waals surface area contributed by atoms with E-state index in [0.717, 1.165) is 5.56 Å². The summed E-state index contributed by atoms with van der Waals surface area (Å²) in [7, 11) is 1.76. The Balaban J connectivity index is 2.13. The highest BCUT2D eigenvalue weighted by Gasteiger charge is 2.12. The molecule has 0 aliphatic carbocycles. The highest BCUT2D eigenvalue weighted by atomic mass is 32.1. The van der Waals surface area contributed by atoms with E-state index in [2.05, 4.69) is 0 Å². The molecule has 0 bridgehead atoms. The molecule has 4 heteroatoms. The first-order chi connectivity index (χ1) is 8.70. The Labute approximate surface area is 110 Å². The van der Waals surface area contributed by atoms with E-state index in [1.807, 2.05) is 22.9 Å². The van der Waals surface area contributed by atoms with Gasteiger partial charge in [-0.1, -0.05) is 6.07 Å². The summed E-state index contributed by atoms with van der Waals surface area (Å²) in [5.74, 6) is -0.0710. The van der Waals surface area contributed by atoms with Gasteiger partial charge >= 0.3 is 0 Å². The molecular weight excluding hydrogens is 244 g/mol. The first-order valence-corrected chi connectivity index (χ1v) is 6.41. The van der Waals surface area contributed by atoms with E-state index in [0.29, 0.717) is 17.7 Å². The largest absolute Gasteiger partial charge is 0.337 e. The molecule has 0 atom stereocenters. The molecule has 2 rings (SSSR count). The summed E-state index contributed by atoms with van der Waals surface area (Å²) in [6, 6.07) is 10.8. The maximum Gasteiger partial charge on any atom is 0.253 e. The molecule has 1 amide bonds. The first-order valence-electron chi connectivity index (χ1n) is 5.47. The molecule has 0 N–H and O–H groups in total. The Hall–Kier alpha value is -2.12. The van der Waals surface area contributed by atoms with E-state index in [9.17, 15) is 4.79 Å². The fourth-order valence-electron chi connectivity index (χ4n) is 1.67. The highest BCUT2D eigenvalue weighted by molar-refractivity contribution is 7.07. The van der Waals surface area contributed by atoms with Crippen LogP contribution in [0.15, 0.2) is 41.1 Å². The summed E-state index contributed by atoms with van der Waals surface area (Å²) in [6.45, 7) is 0.582. The second-order valence-electron chi connectivity index (χ2n) is 3.99. The molecule has 2 aromatic rings. The van der Waals surface area contributed by atoms with Gasteiger partial charge in [0.1, 0.15) is 0 Å². The van der Waals surface area contributed by atoms with Crippen LogP contribution in [0.4, 0.5) is 0 Å². The van der Waals surface area contributed by atoms with Gasteiger partial charge in [-0.2, -0.15) is 16.6 Å². The molecule has 1 aromatic heterocycles. The molecule has 0 fully saturated rings. The smallest absolute Gasteiger partial charge is 0.253 e. The molecule has 0 spiro atoms. The molecule has 0 saturated carbocycles. The lowest BCUT2D eigenvalue weighted by Gasteiger charge is -2.16. The summed E-state index contributed by atoms with van der Waals surface area (Å²) in [6.07, 6.45) is 0. The van der Waals surface area contributed by atoms with Crippen LogP contribution in [0.25, 0.3) is 0 Å². The summed E-state index contributed by atoms with van der Waals surface area (Å²) in [5, 5.41) is 12.8. The Kier molecular flexibility index (Phi) is 3.75. The zero-order chi connectivity index (χ0) is 13.0. The van der Waals surface area contributed by atoms with E-state index in [1.54, 1.807) is 47.5 Å². The average molecular weight is 256 g/mol. The number of carbonyl (C=O) groups is 1. The van der Waals surface area contributed by atoms with Crippen molar-refractivity contribution in [3.8, 4) is 6.07 Å².